The van der Waals surface area contributed by atoms with E-state index in [0.29, 0.717) is 0 Å². The van der Waals surface area contributed by atoms with Crippen molar-refractivity contribution in [1.82, 2.24) is 0 Å². The van der Waals surface area contributed by atoms with Crippen LogP contribution in [0.1, 0.15) is 38.9 Å². The van der Waals surface area contributed by atoms with Crippen molar-refractivity contribution in [2.24, 2.45) is 0 Å². The summed E-state index contributed by atoms with van der Waals surface area (Å²) < 4.78 is 0. The van der Waals surface area contributed by atoms with Gasteiger partial charge in [-0.1, -0.05) is 109 Å². The first kappa shape index (κ1) is 18.3. The van der Waals surface area contributed by atoms with Crippen LogP contribution in [-0.4, -0.2) is 0 Å². The van der Waals surface area contributed by atoms with E-state index in [1.807, 2.05) is 0 Å². The Bertz CT molecular complexity index is 953. The van der Waals surface area contributed by atoms with E-state index >= 15 is 0 Å². The molecule has 0 amide bonds. The third kappa shape index (κ3) is 4.58. The van der Waals surface area contributed by atoms with Gasteiger partial charge in [-0.3, -0.25) is 0 Å². The summed E-state index contributed by atoms with van der Waals surface area (Å²) in [6.45, 7) is 2.22. The van der Waals surface area contributed by atoms with Gasteiger partial charge >= 0.3 is 0 Å². The fourth-order valence-electron chi connectivity index (χ4n) is 3.95. The Morgan fingerprint density at radius 3 is 1.21 bits per heavy atom. The van der Waals surface area contributed by atoms with Crippen LogP contribution in [0.5, 0.6) is 0 Å². The van der Waals surface area contributed by atoms with Crippen molar-refractivity contribution in [3.63, 3.8) is 0 Å². The summed E-state index contributed by atoms with van der Waals surface area (Å²) in [5.74, 6) is 0. The van der Waals surface area contributed by atoms with Crippen LogP contribution < -0.4 is 0 Å². The van der Waals surface area contributed by atoms with Crippen molar-refractivity contribution in [2.45, 2.75) is 26.2 Å². The molecule has 4 rings (SSSR count). The Balaban J connectivity index is 1.77. The van der Waals surface area contributed by atoms with E-state index in [1.165, 1.54) is 38.9 Å². The predicted octanol–water partition coefficient (Wildman–Crippen LogP) is 6.77. The summed E-state index contributed by atoms with van der Waals surface area (Å²) in [5.41, 5.74) is 9.82. The van der Waals surface area contributed by atoms with Gasteiger partial charge in [0.15, 0.2) is 0 Å². The van der Waals surface area contributed by atoms with Crippen LogP contribution in [-0.2, 0) is 19.3 Å². The Morgan fingerprint density at radius 1 is 0.464 bits per heavy atom. The van der Waals surface area contributed by atoms with E-state index in [4.69, 9.17) is 0 Å². The second-order valence-corrected chi connectivity index (χ2v) is 7.55. The zero-order valence-corrected chi connectivity index (χ0v) is 16.4. The minimum absolute atomic E-state index is 0.978. The van der Waals surface area contributed by atoms with Crippen LogP contribution >= 0.6 is 0 Å². The highest BCUT2D eigenvalue weighted by Crippen LogP contribution is 2.26. The molecular formula is C28H26. The first-order valence-electron chi connectivity index (χ1n) is 10.0. The second kappa shape index (κ2) is 8.71. The molecule has 0 saturated carbocycles. The molecule has 4 aromatic carbocycles. The zero-order valence-electron chi connectivity index (χ0n) is 16.4. The first-order chi connectivity index (χ1) is 13.8. The summed E-state index contributed by atoms with van der Waals surface area (Å²) in [6, 6.07) is 37.2. The summed E-state index contributed by atoms with van der Waals surface area (Å²) in [7, 11) is 0. The van der Waals surface area contributed by atoms with Gasteiger partial charge in [-0.2, -0.15) is 0 Å². The van der Waals surface area contributed by atoms with Crippen LogP contribution in [0.2, 0.25) is 0 Å². The minimum atomic E-state index is 0.978. The van der Waals surface area contributed by atoms with Gasteiger partial charge in [-0.05, 0) is 59.6 Å². The lowest BCUT2D eigenvalue weighted by Crippen LogP contribution is -2.04. The summed E-state index contributed by atoms with van der Waals surface area (Å²) in [4.78, 5) is 0. The molecule has 0 atom stereocenters. The lowest BCUT2D eigenvalue weighted by molar-refractivity contribution is 1.03. The van der Waals surface area contributed by atoms with Gasteiger partial charge in [0.25, 0.3) is 0 Å². The normalized spacial score (nSPS) is 10.8. The molecule has 0 aliphatic rings. The fourth-order valence-corrected chi connectivity index (χ4v) is 3.95. The zero-order chi connectivity index (χ0) is 19.2. The molecule has 0 bridgehead atoms. The topological polar surface area (TPSA) is 0 Å². The van der Waals surface area contributed by atoms with Crippen LogP contribution in [0.3, 0.4) is 0 Å². The van der Waals surface area contributed by atoms with Crippen LogP contribution in [0.25, 0.3) is 0 Å². The average Bonchev–Trinajstić information content (AvgIpc) is 2.73. The maximum atomic E-state index is 2.37. The molecule has 0 heterocycles. The molecule has 0 aliphatic carbocycles. The van der Waals surface area contributed by atoms with Crippen LogP contribution in [0.15, 0.2) is 103 Å². The van der Waals surface area contributed by atoms with Gasteiger partial charge in [-0.25, -0.2) is 0 Å². The van der Waals surface area contributed by atoms with E-state index in [0.717, 1.165) is 19.3 Å². The standard InChI is InChI=1S/C28H26/c1-22-17-26(19-23-11-5-2-6-12-23)28(21-25-15-9-4-10-16-25)27(18-22)20-24-13-7-3-8-14-24/h2-18H,19-21H2,1H3. The van der Waals surface area contributed by atoms with Crippen molar-refractivity contribution in [1.29, 1.82) is 0 Å². The Kier molecular flexibility index (Phi) is 5.68. The van der Waals surface area contributed by atoms with Gasteiger partial charge in [-0.15, -0.1) is 0 Å². The SMILES string of the molecule is Cc1cc(Cc2ccccc2)c(Cc2ccccc2)c(Cc2ccccc2)c1. The van der Waals surface area contributed by atoms with E-state index in [-0.39, 0.29) is 0 Å². The number of hydrogen-bond acceptors (Lipinski definition) is 0. The molecule has 0 fully saturated rings. The molecule has 0 nitrogen and oxygen atoms in total. The van der Waals surface area contributed by atoms with Crippen molar-refractivity contribution in [3.05, 3.63) is 142 Å². The molecule has 138 valence electrons. The molecule has 4 aromatic rings. The largest absolute Gasteiger partial charge is 0.0622 e. The third-order valence-electron chi connectivity index (χ3n) is 5.28. The Labute approximate surface area is 168 Å². The fraction of sp³-hybridized carbons (Fsp3) is 0.143. The lowest BCUT2D eigenvalue weighted by atomic mass is 9.87. The number of hydrogen-bond donors (Lipinski definition) is 0. The summed E-state index contributed by atoms with van der Waals surface area (Å²) >= 11 is 0. The number of aryl methyl sites for hydroxylation is 1. The van der Waals surface area contributed by atoms with Crippen molar-refractivity contribution < 1.29 is 0 Å². The van der Waals surface area contributed by atoms with Gasteiger partial charge in [0.2, 0.25) is 0 Å². The molecule has 0 aromatic heterocycles. The van der Waals surface area contributed by atoms with E-state index < -0.39 is 0 Å². The van der Waals surface area contributed by atoms with E-state index in [1.54, 1.807) is 0 Å². The smallest absolute Gasteiger partial charge is 0.00201 e. The van der Waals surface area contributed by atoms with Gasteiger partial charge < -0.3 is 0 Å². The first-order valence-corrected chi connectivity index (χ1v) is 10.0. The van der Waals surface area contributed by atoms with Crippen LogP contribution in [0.4, 0.5) is 0 Å². The summed E-state index contributed by atoms with van der Waals surface area (Å²) in [6.07, 6.45) is 2.93. The molecule has 0 spiro atoms. The average molecular weight is 363 g/mol. The molecule has 0 heteroatoms. The number of rotatable bonds is 6. The summed E-state index contributed by atoms with van der Waals surface area (Å²) in [5, 5.41) is 0. The predicted molar refractivity (Wildman–Crippen MR) is 119 cm³/mol. The van der Waals surface area contributed by atoms with Crippen molar-refractivity contribution in [3.8, 4) is 0 Å². The molecule has 0 unspecified atom stereocenters. The molecular weight excluding hydrogens is 336 g/mol. The van der Waals surface area contributed by atoms with Gasteiger partial charge in [0, 0.05) is 0 Å². The second-order valence-electron chi connectivity index (χ2n) is 7.55. The van der Waals surface area contributed by atoms with Gasteiger partial charge in [0.05, 0.1) is 0 Å². The van der Waals surface area contributed by atoms with Crippen molar-refractivity contribution >= 4 is 0 Å². The van der Waals surface area contributed by atoms with E-state index in [2.05, 4.69) is 110 Å². The highest BCUT2D eigenvalue weighted by atomic mass is 14.2. The molecule has 0 N–H and O–H groups in total. The van der Waals surface area contributed by atoms with Crippen LogP contribution in [0, 0.1) is 6.92 Å². The Morgan fingerprint density at radius 2 is 0.821 bits per heavy atom. The quantitative estimate of drug-likeness (QED) is 0.355. The number of benzene rings is 4. The monoisotopic (exact) mass is 362 g/mol. The lowest BCUT2D eigenvalue weighted by Gasteiger charge is -2.17. The molecule has 0 saturated heterocycles. The Hall–Kier alpha value is -3.12. The van der Waals surface area contributed by atoms with E-state index in [9.17, 15) is 0 Å². The third-order valence-corrected chi connectivity index (χ3v) is 5.28. The maximum absolute atomic E-state index is 2.37. The minimum Gasteiger partial charge on any atom is -0.0622 e. The molecule has 28 heavy (non-hydrogen) atoms. The molecule has 0 radical (unpaired) electrons. The molecule has 0 aliphatic heterocycles. The van der Waals surface area contributed by atoms with Gasteiger partial charge in [0.1, 0.15) is 0 Å². The van der Waals surface area contributed by atoms with Crippen molar-refractivity contribution in [2.75, 3.05) is 0 Å². The highest BCUT2D eigenvalue weighted by Gasteiger charge is 2.12. The highest BCUT2D eigenvalue weighted by molar-refractivity contribution is 5.46. The maximum Gasteiger partial charge on any atom is -0.00201 e.